The summed E-state index contributed by atoms with van der Waals surface area (Å²) in [6, 6.07) is 5.54. The van der Waals surface area contributed by atoms with Gasteiger partial charge in [0, 0.05) is 6.20 Å². The van der Waals surface area contributed by atoms with E-state index in [2.05, 4.69) is 9.97 Å². The van der Waals surface area contributed by atoms with Crippen molar-refractivity contribution in [1.82, 2.24) is 9.97 Å². The number of hydrogen-bond donors (Lipinski definition) is 0. The largest absolute Gasteiger partial charge is 0.344 e. The highest BCUT2D eigenvalue weighted by atomic mass is 32.1. The Morgan fingerprint density at radius 2 is 2.19 bits per heavy atom. The summed E-state index contributed by atoms with van der Waals surface area (Å²) in [4.78, 5) is 18.0. The lowest BCUT2D eigenvalue weighted by molar-refractivity contribution is -0.380. The number of thiazole rings is 1. The minimum absolute atomic E-state index is 0.0423. The topological polar surface area (TPSA) is 68.9 Å². The highest BCUT2D eigenvalue weighted by Crippen LogP contribution is 2.22. The molecular formula is C10H7N3O2S. The second kappa shape index (κ2) is 4.63. The molecule has 0 saturated carbocycles. The Labute approximate surface area is 95.3 Å². The van der Waals surface area contributed by atoms with Crippen molar-refractivity contribution in [2.45, 2.75) is 0 Å². The maximum atomic E-state index is 10.4. The highest BCUT2D eigenvalue weighted by molar-refractivity contribution is 7.15. The first-order valence-electron chi connectivity index (χ1n) is 4.45. The maximum absolute atomic E-state index is 10.4. The summed E-state index contributed by atoms with van der Waals surface area (Å²) in [6.07, 6.45) is 6.41. The quantitative estimate of drug-likeness (QED) is 0.603. The van der Waals surface area contributed by atoms with E-state index in [1.165, 1.54) is 6.20 Å². The molecule has 80 valence electrons. The van der Waals surface area contributed by atoms with Crippen LogP contribution in [-0.2, 0) is 0 Å². The fourth-order valence-corrected chi connectivity index (χ4v) is 1.71. The van der Waals surface area contributed by atoms with E-state index in [0.29, 0.717) is 5.01 Å². The Balaban J connectivity index is 2.15. The zero-order valence-corrected chi connectivity index (χ0v) is 8.92. The fourth-order valence-electron chi connectivity index (χ4n) is 1.07. The van der Waals surface area contributed by atoms with Gasteiger partial charge in [0.05, 0.1) is 10.6 Å². The average molecular weight is 233 g/mol. The number of nitrogens with zero attached hydrogens (tertiary/aromatic N) is 3. The average Bonchev–Trinajstić information content (AvgIpc) is 2.76. The van der Waals surface area contributed by atoms with Crippen LogP contribution < -0.4 is 0 Å². The van der Waals surface area contributed by atoms with Crippen molar-refractivity contribution in [3.8, 4) is 0 Å². The van der Waals surface area contributed by atoms with E-state index >= 15 is 0 Å². The monoisotopic (exact) mass is 233 g/mol. The zero-order valence-electron chi connectivity index (χ0n) is 8.11. The molecule has 0 aliphatic carbocycles. The lowest BCUT2D eigenvalue weighted by atomic mass is 10.3. The van der Waals surface area contributed by atoms with Crippen LogP contribution in [0.15, 0.2) is 30.6 Å². The third kappa shape index (κ3) is 2.48. The number of aromatic nitrogens is 2. The van der Waals surface area contributed by atoms with Gasteiger partial charge < -0.3 is 0 Å². The lowest BCUT2D eigenvalue weighted by Crippen LogP contribution is -1.80. The van der Waals surface area contributed by atoms with Crippen molar-refractivity contribution in [2.75, 3.05) is 0 Å². The normalized spacial score (nSPS) is 10.8. The van der Waals surface area contributed by atoms with Gasteiger partial charge in [-0.3, -0.25) is 15.1 Å². The molecule has 6 heteroatoms. The summed E-state index contributed by atoms with van der Waals surface area (Å²) in [5.41, 5.74) is 0.792. The molecule has 0 radical (unpaired) electrons. The number of pyridine rings is 1. The van der Waals surface area contributed by atoms with Crippen LogP contribution in [0.2, 0.25) is 0 Å². The van der Waals surface area contributed by atoms with E-state index in [4.69, 9.17) is 0 Å². The number of rotatable bonds is 3. The van der Waals surface area contributed by atoms with Crippen LogP contribution in [0.25, 0.3) is 12.2 Å². The minimum Gasteiger partial charge on any atom is -0.257 e. The molecule has 0 aliphatic heterocycles. The number of nitro groups is 1. The first-order valence-corrected chi connectivity index (χ1v) is 5.27. The van der Waals surface area contributed by atoms with Crippen molar-refractivity contribution < 1.29 is 4.92 Å². The van der Waals surface area contributed by atoms with Gasteiger partial charge >= 0.3 is 5.00 Å². The molecule has 16 heavy (non-hydrogen) atoms. The molecule has 2 aromatic rings. The number of hydrogen-bond acceptors (Lipinski definition) is 5. The van der Waals surface area contributed by atoms with Gasteiger partial charge in [-0.25, -0.2) is 4.98 Å². The molecule has 0 saturated heterocycles. The Morgan fingerprint density at radius 3 is 2.81 bits per heavy atom. The van der Waals surface area contributed by atoms with Gasteiger partial charge in [0.2, 0.25) is 0 Å². The third-order valence-electron chi connectivity index (χ3n) is 1.78. The van der Waals surface area contributed by atoms with Gasteiger partial charge in [0.15, 0.2) is 0 Å². The summed E-state index contributed by atoms with van der Waals surface area (Å²) in [6.45, 7) is 0. The Morgan fingerprint density at radius 1 is 1.31 bits per heavy atom. The minimum atomic E-state index is -0.449. The van der Waals surface area contributed by atoms with Crippen LogP contribution in [-0.4, -0.2) is 14.9 Å². The molecule has 2 aromatic heterocycles. The smallest absolute Gasteiger partial charge is 0.257 e. The molecule has 0 atom stereocenters. The second-order valence-corrected chi connectivity index (χ2v) is 3.92. The Hall–Kier alpha value is -2.08. The molecule has 0 bridgehead atoms. The second-order valence-electron chi connectivity index (χ2n) is 2.88. The predicted octanol–water partition coefficient (Wildman–Crippen LogP) is 2.62. The molecule has 2 rings (SSSR count). The molecule has 5 nitrogen and oxygen atoms in total. The Bertz CT molecular complexity index is 522. The first-order chi connectivity index (χ1) is 7.75. The van der Waals surface area contributed by atoms with E-state index in [-0.39, 0.29) is 5.00 Å². The van der Waals surface area contributed by atoms with E-state index in [1.54, 1.807) is 18.3 Å². The predicted molar refractivity (Wildman–Crippen MR) is 61.9 cm³/mol. The molecule has 0 spiro atoms. The molecule has 0 unspecified atom stereocenters. The van der Waals surface area contributed by atoms with Crippen molar-refractivity contribution >= 4 is 28.5 Å². The van der Waals surface area contributed by atoms with E-state index < -0.39 is 4.92 Å². The van der Waals surface area contributed by atoms with Crippen molar-refractivity contribution in [1.29, 1.82) is 0 Å². The van der Waals surface area contributed by atoms with E-state index in [1.807, 2.05) is 18.2 Å². The molecule has 0 N–H and O–H groups in total. The van der Waals surface area contributed by atoms with Crippen LogP contribution in [0.4, 0.5) is 5.00 Å². The molecule has 0 aliphatic rings. The van der Waals surface area contributed by atoms with Gasteiger partial charge in [-0.05, 0) is 35.6 Å². The molecule has 0 fully saturated rings. The molecular weight excluding hydrogens is 226 g/mol. The zero-order chi connectivity index (χ0) is 11.4. The van der Waals surface area contributed by atoms with Crippen LogP contribution in [0.3, 0.4) is 0 Å². The fraction of sp³-hybridized carbons (Fsp3) is 0. The van der Waals surface area contributed by atoms with Crippen LogP contribution >= 0.6 is 11.3 Å². The summed E-state index contributed by atoms with van der Waals surface area (Å²) in [7, 11) is 0. The maximum Gasteiger partial charge on any atom is 0.344 e. The SMILES string of the molecule is O=[N+]([O-])c1cnc(C=Cc2ccccn2)s1. The molecule has 0 amide bonds. The van der Waals surface area contributed by atoms with E-state index in [9.17, 15) is 10.1 Å². The third-order valence-corrected chi connectivity index (χ3v) is 2.69. The standard InChI is InChI=1S/C10H7N3O2S/c14-13(15)10-7-12-9(16-10)5-4-8-3-1-2-6-11-8/h1-7H. The van der Waals surface area contributed by atoms with Crippen molar-refractivity contribution in [3.63, 3.8) is 0 Å². The molecule has 0 aromatic carbocycles. The molecule has 2 heterocycles. The lowest BCUT2D eigenvalue weighted by Gasteiger charge is -1.88. The summed E-state index contributed by atoms with van der Waals surface area (Å²) >= 11 is 1.04. The van der Waals surface area contributed by atoms with Gasteiger partial charge in [-0.15, -0.1) is 0 Å². The summed E-state index contributed by atoms with van der Waals surface area (Å²) < 4.78 is 0. The van der Waals surface area contributed by atoms with Crippen LogP contribution in [0, 0.1) is 10.1 Å². The van der Waals surface area contributed by atoms with Crippen molar-refractivity contribution in [2.24, 2.45) is 0 Å². The van der Waals surface area contributed by atoms with Gasteiger partial charge in [-0.1, -0.05) is 6.07 Å². The van der Waals surface area contributed by atoms with E-state index in [0.717, 1.165) is 17.0 Å². The van der Waals surface area contributed by atoms with Gasteiger partial charge in [0.25, 0.3) is 0 Å². The summed E-state index contributed by atoms with van der Waals surface area (Å²) in [5, 5.41) is 11.1. The van der Waals surface area contributed by atoms with Gasteiger partial charge in [-0.2, -0.15) is 0 Å². The summed E-state index contributed by atoms with van der Waals surface area (Å²) in [5.74, 6) is 0. The van der Waals surface area contributed by atoms with Gasteiger partial charge in [0.1, 0.15) is 11.2 Å². The highest BCUT2D eigenvalue weighted by Gasteiger charge is 2.08. The first kappa shape index (κ1) is 10.4. The Kier molecular flexibility index (Phi) is 3.02. The van der Waals surface area contributed by atoms with Crippen molar-refractivity contribution in [3.05, 3.63) is 51.4 Å². The van der Waals surface area contributed by atoms with Crippen LogP contribution in [0.5, 0.6) is 0 Å². The van der Waals surface area contributed by atoms with Crippen LogP contribution in [0.1, 0.15) is 10.7 Å².